The maximum absolute atomic E-state index is 12.7. The maximum Gasteiger partial charge on any atom is 0.271 e. The van der Waals surface area contributed by atoms with Gasteiger partial charge in [0.05, 0.1) is 23.9 Å². The number of hydrazone groups is 1. The van der Waals surface area contributed by atoms with Crippen LogP contribution in [0.25, 0.3) is 16.9 Å². The second-order valence-electron chi connectivity index (χ2n) is 8.78. The number of benzene rings is 4. The van der Waals surface area contributed by atoms with Crippen LogP contribution in [0, 0.1) is 0 Å². The number of nitrogens with zero attached hydrogens (tertiary/aromatic N) is 3. The van der Waals surface area contributed by atoms with E-state index in [0.717, 1.165) is 17.0 Å². The summed E-state index contributed by atoms with van der Waals surface area (Å²) < 4.78 is 34.7. The summed E-state index contributed by atoms with van der Waals surface area (Å²) in [4.78, 5) is 12.8. The number of ether oxygens (including phenoxy) is 1. The molecule has 5 aromatic rings. The van der Waals surface area contributed by atoms with Crippen molar-refractivity contribution in [2.45, 2.75) is 4.90 Å². The Morgan fingerprint density at radius 1 is 0.927 bits per heavy atom. The normalized spacial score (nSPS) is 11.4. The summed E-state index contributed by atoms with van der Waals surface area (Å²) in [5.41, 5.74) is 6.20. The van der Waals surface area contributed by atoms with Gasteiger partial charge in [-0.1, -0.05) is 29.8 Å². The summed E-state index contributed by atoms with van der Waals surface area (Å²) in [5.74, 6) is 0.261. The maximum atomic E-state index is 12.7. The van der Waals surface area contributed by atoms with Gasteiger partial charge in [-0.25, -0.2) is 18.5 Å². The van der Waals surface area contributed by atoms with Crippen molar-refractivity contribution in [2.24, 2.45) is 5.10 Å². The van der Waals surface area contributed by atoms with E-state index in [1.807, 2.05) is 60.8 Å². The van der Waals surface area contributed by atoms with Crippen molar-refractivity contribution in [3.8, 4) is 22.7 Å². The number of halogens is 1. The minimum Gasteiger partial charge on any atom is -0.497 e. The molecule has 0 aliphatic rings. The van der Waals surface area contributed by atoms with Gasteiger partial charge in [0.1, 0.15) is 11.4 Å². The Hall–Kier alpha value is -4.93. The molecule has 0 atom stereocenters. The average molecular weight is 586 g/mol. The number of rotatable bonds is 9. The number of hydrogen-bond acceptors (Lipinski definition) is 6. The summed E-state index contributed by atoms with van der Waals surface area (Å²) in [6.07, 6.45) is 3.35. The highest BCUT2D eigenvalue weighted by molar-refractivity contribution is 7.92. The molecule has 206 valence electrons. The molecule has 1 aromatic heterocycles. The van der Waals surface area contributed by atoms with Crippen molar-refractivity contribution in [3.63, 3.8) is 0 Å². The Morgan fingerprint density at radius 2 is 1.61 bits per heavy atom. The number of nitrogens with one attached hydrogen (secondary N) is 2. The van der Waals surface area contributed by atoms with E-state index >= 15 is 0 Å². The monoisotopic (exact) mass is 585 g/mol. The van der Waals surface area contributed by atoms with E-state index in [-0.39, 0.29) is 4.90 Å². The van der Waals surface area contributed by atoms with Crippen LogP contribution in [0.2, 0.25) is 5.02 Å². The number of para-hydroxylation sites is 1. The fourth-order valence-corrected chi connectivity index (χ4v) is 5.10. The minimum atomic E-state index is -3.80. The zero-order valence-corrected chi connectivity index (χ0v) is 23.3. The largest absolute Gasteiger partial charge is 0.497 e. The van der Waals surface area contributed by atoms with E-state index < -0.39 is 15.9 Å². The van der Waals surface area contributed by atoms with Crippen molar-refractivity contribution < 1.29 is 17.9 Å². The van der Waals surface area contributed by atoms with Crippen LogP contribution in [0.4, 0.5) is 5.69 Å². The average Bonchev–Trinajstić information content (AvgIpc) is 3.42. The lowest BCUT2D eigenvalue weighted by atomic mass is 10.1. The van der Waals surface area contributed by atoms with Crippen molar-refractivity contribution in [1.29, 1.82) is 0 Å². The zero-order valence-electron chi connectivity index (χ0n) is 21.7. The Balaban J connectivity index is 1.30. The molecule has 2 N–H and O–H groups in total. The molecule has 0 unspecified atom stereocenters. The van der Waals surface area contributed by atoms with Gasteiger partial charge in [-0.3, -0.25) is 9.52 Å². The summed E-state index contributed by atoms with van der Waals surface area (Å²) in [6.45, 7) is 0. The number of anilines is 1. The van der Waals surface area contributed by atoms with Gasteiger partial charge in [0.2, 0.25) is 0 Å². The number of sulfonamides is 1. The number of hydrogen-bond donors (Lipinski definition) is 2. The number of amides is 1. The molecule has 0 bridgehead atoms. The third-order valence-electron chi connectivity index (χ3n) is 6.02. The molecule has 5 rings (SSSR count). The van der Waals surface area contributed by atoms with Crippen LogP contribution < -0.4 is 14.9 Å². The molecule has 9 nitrogen and oxygen atoms in total. The van der Waals surface area contributed by atoms with Crippen LogP contribution in [0.3, 0.4) is 0 Å². The molecule has 0 spiro atoms. The molecule has 0 fully saturated rings. The molecule has 41 heavy (non-hydrogen) atoms. The molecular weight excluding hydrogens is 562 g/mol. The van der Waals surface area contributed by atoms with Gasteiger partial charge in [0, 0.05) is 33.6 Å². The van der Waals surface area contributed by atoms with E-state index in [9.17, 15) is 13.2 Å². The lowest BCUT2D eigenvalue weighted by Gasteiger charge is -2.08. The third kappa shape index (κ3) is 6.63. The Labute approximate surface area is 242 Å². The van der Waals surface area contributed by atoms with Gasteiger partial charge in [-0.2, -0.15) is 10.2 Å². The molecule has 0 aliphatic heterocycles. The van der Waals surface area contributed by atoms with Crippen LogP contribution in [0.5, 0.6) is 5.75 Å². The van der Waals surface area contributed by atoms with Crippen LogP contribution in [0.1, 0.15) is 15.9 Å². The predicted molar refractivity (Wildman–Crippen MR) is 159 cm³/mol. The second-order valence-corrected chi connectivity index (χ2v) is 10.9. The first-order chi connectivity index (χ1) is 19.8. The van der Waals surface area contributed by atoms with Crippen LogP contribution in [-0.2, 0) is 10.0 Å². The molecule has 0 radical (unpaired) electrons. The van der Waals surface area contributed by atoms with E-state index in [1.165, 1.54) is 54.7 Å². The first-order valence-electron chi connectivity index (χ1n) is 12.3. The van der Waals surface area contributed by atoms with Gasteiger partial charge in [0.15, 0.2) is 0 Å². The Morgan fingerprint density at radius 3 is 2.27 bits per heavy atom. The molecule has 0 saturated carbocycles. The predicted octanol–water partition coefficient (Wildman–Crippen LogP) is 5.77. The lowest BCUT2D eigenvalue weighted by Crippen LogP contribution is -2.18. The van der Waals surface area contributed by atoms with Gasteiger partial charge in [-0.15, -0.1) is 0 Å². The van der Waals surface area contributed by atoms with Crippen LogP contribution in [-0.4, -0.2) is 37.4 Å². The zero-order chi connectivity index (χ0) is 28.8. The molecule has 0 saturated heterocycles. The molecule has 0 aliphatic carbocycles. The van der Waals surface area contributed by atoms with Gasteiger partial charge in [-0.05, 0) is 84.9 Å². The lowest BCUT2D eigenvalue weighted by molar-refractivity contribution is 0.0955. The van der Waals surface area contributed by atoms with E-state index in [4.69, 9.17) is 21.4 Å². The van der Waals surface area contributed by atoms with E-state index in [2.05, 4.69) is 15.2 Å². The highest BCUT2D eigenvalue weighted by atomic mass is 35.5. The molecule has 11 heteroatoms. The number of carbonyl (C=O) groups is 1. The molecular formula is C30H24ClN5O4S. The first kappa shape index (κ1) is 27.6. The van der Waals surface area contributed by atoms with Crippen molar-refractivity contribution in [3.05, 3.63) is 125 Å². The summed E-state index contributed by atoms with van der Waals surface area (Å²) in [5, 5.41) is 9.32. The molecule has 1 amide bonds. The van der Waals surface area contributed by atoms with Gasteiger partial charge >= 0.3 is 0 Å². The number of methoxy groups -OCH3 is 1. The summed E-state index contributed by atoms with van der Waals surface area (Å²) >= 11 is 5.84. The van der Waals surface area contributed by atoms with Crippen molar-refractivity contribution >= 4 is 39.4 Å². The quantitative estimate of drug-likeness (QED) is 0.168. The Kier molecular flexibility index (Phi) is 8.14. The minimum absolute atomic E-state index is 0.0719. The highest BCUT2D eigenvalue weighted by Crippen LogP contribution is 2.25. The molecule has 4 aromatic carbocycles. The van der Waals surface area contributed by atoms with Gasteiger partial charge in [0.25, 0.3) is 15.9 Å². The number of aromatic nitrogens is 2. The van der Waals surface area contributed by atoms with Gasteiger partial charge < -0.3 is 4.74 Å². The number of carbonyl (C=O) groups excluding carboxylic acids is 1. The van der Waals surface area contributed by atoms with Crippen molar-refractivity contribution in [1.82, 2.24) is 15.2 Å². The fraction of sp³-hybridized carbons (Fsp3) is 0.0333. The van der Waals surface area contributed by atoms with Crippen LogP contribution in [0.15, 0.2) is 119 Å². The summed E-state index contributed by atoms with van der Waals surface area (Å²) in [6, 6.07) is 28.9. The standard InChI is InChI=1S/C30H24ClN5O4S/c1-40-27-15-9-21(10-16-27)29-23(20-36(34-29)26-5-3-2-4-6-26)19-32-33-30(37)22-7-13-25(14-8-22)35-41(38,39)28-17-11-24(31)12-18-28/h2-20,35H,1H3,(H,33,37)/b32-19+. The SMILES string of the molecule is COc1ccc(-c2nn(-c3ccccc3)cc2/C=N/NC(=O)c2ccc(NS(=O)(=O)c3ccc(Cl)cc3)cc2)cc1. The Bertz CT molecular complexity index is 1790. The highest BCUT2D eigenvalue weighted by Gasteiger charge is 2.15. The second kappa shape index (κ2) is 12.1. The third-order valence-corrected chi connectivity index (χ3v) is 7.67. The topological polar surface area (TPSA) is 115 Å². The van der Waals surface area contributed by atoms with E-state index in [0.29, 0.717) is 27.5 Å². The smallest absolute Gasteiger partial charge is 0.271 e. The summed E-state index contributed by atoms with van der Waals surface area (Å²) in [7, 11) is -2.20. The van der Waals surface area contributed by atoms with E-state index in [1.54, 1.807) is 11.8 Å². The molecule has 1 heterocycles. The van der Waals surface area contributed by atoms with Crippen molar-refractivity contribution in [2.75, 3.05) is 11.8 Å². The fourth-order valence-electron chi connectivity index (χ4n) is 3.91. The van der Waals surface area contributed by atoms with Crippen LogP contribution >= 0.6 is 11.6 Å². The first-order valence-corrected chi connectivity index (χ1v) is 14.2.